The highest BCUT2D eigenvalue weighted by atomic mass is 35.5. The number of ether oxygens (including phenoxy) is 2. The first kappa shape index (κ1) is 19.4. The molecule has 4 heterocycles. The average Bonchev–Trinajstić information content (AvgIpc) is 3.55. The zero-order chi connectivity index (χ0) is 20.8. The Morgan fingerprint density at radius 2 is 1.77 bits per heavy atom. The van der Waals surface area contributed by atoms with Gasteiger partial charge < -0.3 is 19.7 Å². The summed E-state index contributed by atoms with van der Waals surface area (Å²) in [4.78, 5) is 7.24. The molecular weight excluding hydrogens is 410 g/mol. The van der Waals surface area contributed by atoms with Gasteiger partial charge in [0.05, 0.1) is 11.1 Å². The lowest BCUT2D eigenvalue weighted by molar-refractivity contribution is 0.174. The van der Waals surface area contributed by atoms with Crippen LogP contribution in [0.4, 0.5) is 0 Å². The lowest BCUT2D eigenvalue weighted by Crippen LogP contribution is -2.46. The summed E-state index contributed by atoms with van der Waals surface area (Å²) < 4.78 is 11.1. The highest BCUT2D eigenvalue weighted by molar-refractivity contribution is 6.30. The molecule has 0 saturated carbocycles. The Bertz CT molecular complexity index is 1140. The van der Waals surface area contributed by atoms with Gasteiger partial charge in [-0.1, -0.05) is 23.7 Å². The van der Waals surface area contributed by atoms with Crippen LogP contribution in [0.2, 0.25) is 5.15 Å². The molecule has 0 spiro atoms. The zero-order valence-corrected chi connectivity index (χ0v) is 18.3. The maximum absolute atomic E-state index is 6.52. The lowest BCUT2D eigenvalue weighted by Gasteiger charge is -2.35. The summed E-state index contributed by atoms with van der Waals surface area (Å²) in [5, 5.41) is 5.60. The number of aromatic nitrogens is 1. The predicted molar refractivity (Wildman–Crippen MR) is 123 cm³/mol. The smallest absolute Gasteiger partial charge is 0.231 e. The van der Waals surface area contributed by atoms with Gasteiger partial charge in [-0.15, -0.1) is 0 Å². The number of halogens is 1. The lowest BCUT2D eigenvalue weighted by atomic mass is 9.85. The molecule has 5 nitrogen and oxygen atoms in total. The van der Waals surface area contributed by atoms with Gasteiger partial charge in [0, 0.05) is 11.9 Å². The molecule has 3 aliphatic rings. The highest BCUT2D eigenvalue weighted by Gasteiger charge is 2.39. The van der Waals surface area contributed by atoms with Gasteiger partial charge in [-0.2, -0.15) is 0 Å². The highest BCUT2D eigenvalue weighted by Crippen LogP contribution is 2.40. The fourth-order valence-electron chi connectivity index (χ4n) is 5.42. The quantitative estimate of drug-likeness (QED) is 0.587. The topological polar surface area (TPSA) is 46.6 Å². The normalized spacial score (nSPS) is 23.1. The van der Waals surface area contributed by atoms with Crippen molar-refractivity contribution in [3.63, 3.8) is 0 Å². The molecule has 1 atom stereocenters. The van der Waals surface area contributed by atoms with E-state index < -0.39 is 0 Å². The maximum Gasteiger partial charge on any atom is 0.231 e. The van der Waals surface area contributed by atoms with Crippen molar-refractivity contribution in [3.8, 4) is 22.6 Å². The maximum atomic E-state index is 6.52. The van der Waals surface area contributed by atoms with Gasteiger partial charge in [0.1, 0.15) is 5.15 Å². The molecule has 160 valence electrons. The second-order valence-electron chi connectivity index (χ2n) is 8.89. The summed E-state index contributed by atoms with van der Waals surface area (Å²) >= 11 is 6.52. The number of pyridine rings is 1. The van der Waals surface area contributed by atoms with Crippen molar-refractivity contribution in [2.75, 3.05) is 33.0 Å². The molecule has 31 heavy (non-hydrogen) atoms. The van der Waals surface area contributed by atoms with Crippen molar-refractivity contribution < 1.29 is 9.47 Å². The molecule has 2 saturated heterocycles. The summed E-state index contributed by atoms with van der Waals surface area (Å²) in [5.74, 6) is 1.61. The molecule has 6 rings (SSSR count). The van der Waals surface area contributed by atoms with Crippen LogP contribution in [0.5, 0.6) is 11.5 Å². The van der Waals surface area contributed by atoms with Crippen molar-refractivity contribution in [3.05, 3.63) is 53.2 Å². The monoisotopic (exact) mass is 435 g/mol. The van der Waals surface area contributed by atoms with Gasteiger partial charge in [0.15, 0.2) is 11.5 Å². The van der Waals surface area contributed by atoms with E-state index in [0.29, 0.717) is 5.15 Å². The Kier molecular flexibility index (Phi) is 4.78. The first-order valence-corrected chi connectivity index (χ1v) is 11.6. The van der Waals surface area contributed by atoms with Gasteiger partial charge in [-0.05, 0) is 92.3 Å². The van der Waals surface area contributed by atoms with Crippen molar-refractivity contribution in [1.82, 2.24) is 15.2 Å². The Labute approximate surface area is 187 Å². The number of likely N-dealkylation sites (tertiary alicyclic amines) is 1. The standard InChI is InChI=1S/C25H26ClN3O2/c26-24-14-20(25(8-3-9-27-25)15-29-10-1-2-11-29)19-12-17(4-6-21(19)28-24)18-5-7-22-23(13-18)31-16-30-22/h4-7,12-14,27H,1-3,8-11,15-16H2. The minimum Gasteiger partial charge on any atom is -0.454 e. The molecule has 0 aliphatic carbocycles. The summed E-state index contributed by atoms with van der Waals surface area (Å²) in [6.07, 6.45) is 4.88. The van der Waals surface area contributed by atoms with Gasteiger partial charge in [-0.3, -0.25) is 0 Å². The largest absolute Gasteiger partial charge is 0.454 e. The third-order valence-electron chi connectivity index (χ3n) is 6.93. The van der Waals surface area contributed by atoms with E-state index in [4.69, 9.17) is 21.1 Å². The van der Waals surface area contributed by atoms with Crippen molar-refractivity contribution >= 4 is 22.5 Å². The minimum absolute atomic E-state index is 0.0807. The number of rotatable bonds is 4. The molecule has 0 bridgehead atoms. The van der Waals surface area contributed by atoms with Crippen molar-refractivity contribution in [2.45, 2.75) is 31.2 Å². The molecule has 1 N–H and O–H groups in total. The fourth-order valence-corrected chi connectivity index (χ4v) is 5.62. The van der Waals surface area contributed by atoms with E-state index in [0.717, 1.165) is 47.7 Å². The molecule has 1 unspecified atom stereocenters. The van der Waals surface area contributed by atoms with Crippen LogP contribution in [0.15, 0.2) is 42.5 Å². The van der Waals surface area contributed by atoms with E-state index in [1.165, 1.54) is 43.3 Å². The van der Waals surface area contributed by atoms with E-state index in [-0.39, 0.29) is 12.3 Å². The second kappa shape index (κ2) is 7.66. The van der Waals surface area contributed by atoms with Crippen LogP contribution in [0.1, 0.15) is 31.2 Å². The van der Waals surface area contributed by atoms with Crippen molar-refractivity contribution in [1.29, 1.82) is 0 Å². The molecule has 3 aliphatic heterocycles. The number of hydrogen-bond donors (Lipinski definition) is 1. The van der Waals surface area contributed by atoms with E-state index in [2.05, 4.69) is 51.6 Å². The average molecular weight is 436 g/mol. The molecule has 6 heteroatoms. The fraction of sp³-hybridized carbons (Fsp3) is 0.400. The van der Waals surface area contributed by atoms with Gasteiger partial charge >= 0.3 is 0 Å². The number of hydrogen-bond acceptors (Lipinski definition) is 5. The third-order valence-corrected chi connectivity index (χ3v) is 7.13. The summed E-state index contributed by atoms with van der Waals surface area (Å²) in [5.41, 5.74) is 4.39. The van der Waals surface area contributed by atoms with Crippen LogP contribution in [-0.4, -0.2) is 42.9 Å². The van der Waals surface area contributed by atoms with Crippen LogP contribution >= 0.6 is 11.6 Å². The van der Waals surface area contributed by atoms with E-state index in [9.17, 15) is 0 Å². The summed E-state index contributed by atoms with van der Waals surface area (Å²) in [6.45, 7) is 4.72. The second-order valence-corrected chi connectivity index (χ2v) is 9.28. The zero-order valence-electron chi connectivity index (χ0n) is 17.5. The van der Waals surface area contributed by atoms with Gasteiger partial charge in [0.2, 0.25) is 6.79 Å². The molecular formula is C25H26ClN3O2. The Balaban J connectivity index is 1.47. The molecule has 0 amide bonds. The Morgan fingerprint density at radius 3 is 2.61 bits per heavy atom. The number of nitrogens with zero attached hydrogens (tertiary/aromatic N) is 2. The SMILES string of the molecule is Clc1cc(C2(CN3CCCC3)CCCN2)c2cc(-c3ccc4c(c3)OCO4)ccc2n1. The van der Waals surface area contributed by atoms with E-state index in [1.54, 1.807) is 0 Å². The van der Waals surface area contributed by atoms with Gasteiger partial charge in [-0.25, -0.2) is 4.98 Å². The molecule has 0 radical (unpaired) electrons. The molecule has 1 aromatic heterocycles. The predicted octanol–water partition coefficient (Wildman–Crippen LogP) is 4.96. The number of benzene rings is 2. The third kappa shape index (κ3) is 3.45. The Morgan fingerprint density at radius 1 is 0.968 bits per heavy atom. The van der Waals surface area contributed by atoms with Crippen molar-refractivity contribution in [2.24, 2.45) is 0 Å². The summed E-state index contributed by atoms with van der Waals surface area (Å²) in [7, 11) is 0. The van der Waals surface area contributed by atoms with E-state index in [1.807, 2.05) is 6.07 Å². The van der Waals surface area contributed by atoms with Gasteiger partial charge in [0.25, 0.3) is 0 Å². The molecule has 3 aromatic rings. The molecule has 2 fully saturated rings. The van der Waals surface area contributed by atoms with Crippen LogP contribution in [0.3, 0.4) is 0 Å². The summed E-state index contributed by atoms with van der Waals surface area (Å²) in [6, 6.07) is 14.7. The minimum atomic E-state index is -0.0807. The first-order valence-electron chi connectivity index (χ1n) is 11.2. The molecule has 2 aromatic carbocycles. The van der Waals surface area contributed by atoms with Crippen LogP contribution < -0.4 is 14.8 Å². The van der Waals surface area contributed by atoms with Crippen LogP contribution in [0.25, 0.3) is 22.0 Å². The van der Waals surface area contributed by atoms with E-state index >= 15 is 0 Å². The Hall–Kier alpha value is -2.34. The van der Waals surface area contributed by atoms with Crippen LogP contribution in [-0.2, 0) is 5.54 Å². The number of nitrogens with one attached hydrogen (secondary N) is 1. The number of fused-ring (bicyclic) bond motifs is 2. The first-order chi connectivity index (χ1) is 15.2. The van der Waals surface area contributed by atoms with Crippen LogP contribution in [0, 0.1) is 0 Å².